The van der Waals surface area contributed by atoms with Gasteiger partial charge in [-0.1, -0.05) is 12.1 Å². The zero-order valence-electron chi connectivity index (χ0n) is 12.6. The van der Waals surface area contributed by atoms with Crippen LogP contribution in [0.4, 0.5) is 5.69 Å². The van der Waals surface area contributed by atoms with Gasteiger partial charge >= 0.3 is 0 Å². The van der Waals surface area contributed by atoms with Crippen molar-refractivity contribution in [2.75, 3.05) is 26.8 Å². The molecule has 0 fully saturated rings. The fourth-order valence-electron chi connectivity index (χ4n) is 2.18. The van der Waals surface area contributed by atoms with Crippen molar-refractivity contribution in [3.63, 3.8) is 0 Å². The second-order valence-corrected chi connectivity index (χ2v) is 5.02. The minimum Gasteiger partial charge on any atom is -0.468 e. The number of nitrogens with zero attached hydrogens (tertiary/aromatic N) is 2. The van der Waals surface area contributed by atoms with Gasteiger partial charge in [0.05, 0.1) is 24.3 Å². The topological polar surface area (TPSA) is 68.8 Å². The molecule has 0 spiro atoms. The third-order valence-electron chi connectivity index (χ3n) is 3.44. The monoisotopic (exact) mass is 304 g/mol. The average molecular weight is 304 g/mol. The first kappa shape index (κ1) is 16.2. The molecule has 0 radical (unpaired) electrons. The first-order valence-electron chi connectivity index (χ1n) is 7.16. The van der Waals surface area contributed by atoms with Gasteiger partial charge < -0.3 is 9.15 Å². The molecule has 6 nitrogen and oxygen atoms in total. The average Bonchev–Trinajstić information content (AvgIpc) is 3.03. The molecular weight excluding hydrogens is 284 g/mol. The third kappa shape index (κ3) is 4.98. The standard InChI is InChI=1S/C16H20N2O4/c1-21-12-10-17(13-16-3-2-11-22-16)9-8-14-4-6-15(7-5-14)18(19)20/h2-7,11H,8-10,12-13H2,1H3. The summed E-state index contributed by atoms with van der Waals surface area (Å²) in [5.74, 6) is 0.916. The molecule has 118 valence electrons. The van der Waals surface area contributed by atoms with Gasteiger partial charge in [0.2, 0.25) is 0 Å². The number of furan rings is 1. The Morgan fingerprint density at radius 3 is 2.59 bits per heavy atom. The molecule has 0 saturated heterocycles. The predicted octanol–water partition coefficient (Wildman–Crippen LogP) is 2.88. The van der Waals surface area contributed by atoms with Crippen molar-refractivity contribution < 1.29 is 14.1 Å². The highest BCUT2D eigenvalue weighted by Gasteiger charge is 2.09. The van der Waals surface area contributed by atoms with Gasteiger partial charge in [-0.25, -0.2) is 0 Å². The van der Waals surface area contributed by atoms with Crippen molar-refractivity contribution in [2.24, 2.45) is 0 Å². The summed E-state index contributed by atoms with van der Waals surface area (Å²) in [6.07, 6.45) is 2.49. The fourth-order valence-corrected chi connectivity index (χ4v) is 2.18. The smallest absolute Gasteiger partial charge is 0.269 e. The first-order valence-corrected chi connectivity index (χ1v) is 7.16. The normalized spacial score (nSPS) is 11.0. The van der Waals surface area contributed by atoms with E-state index in [0.717, 1.165) is 37.4 Å². The van der Waals surface area contributed by atoms with Gasteiger partial charge in [0, 0.05) is 32.3 Å². The maximum absolute atomic E-state index is 10.6. The van der Waals surface area contributed by atoms with E-state index in [-0.39, 0.29) is 10.6 Å². The van der Waals surface area contributed by atoms with Gasteiger partial charge in [0.1, 0.15) is 5.76 Å². The molecule has 1 aromatic heterocycles. The molecule has 0 amide bonds. The van der Waals surface area contributed by atoms with E-state index in [1.165, 1.54) is 0 Å². The number of non-ortho nitro benzene ring substituents is 1. The molecule has 1 aromatic carbocycles. The number of hydrogen-bond acceptors (Lipinski definition) is 5. The molecule has 0 saturated carbocycles. The lowest BCUT2D eigenvalue weighted by molar-refractivity contribution is -0.384. The van der Waals surface area contributed by atoms with Crippen molar-refractivity contribution in [1.29, 1.82) is 0 Å². The van der Waals surface area contributed by atoms with Crippen LogP contribution in [0.1, 0.15) is 11.3 Å². The minimum atomic E-state index is -0.383. The van der Waals surface area contributed by atoms with E-state index in [9.17, 15) is 10.1 Å². The summed E-state index contributed by atoms with van der Waals surface area (Å²) in [5, 5.41) is 10.6. The van der Waals surface area contributed by atoms with Gasteiger partial charge in [0.15, 0.2) is 0 Å². The SMILES string of the molecule is COCCN(CCc1ccc([N+](=O)[O-])cc1)Cc1ccco1. The molecule has 0 aliphatic rings. The summed E-state index contributed by atoms with van der Waals surface area (Å²) < 4.78 is 10.5. The lowest BCUT2D eigenvalue weighted by Gasteiger charge is -2.20. The predicted molar refractivity (Wildman–Crippen MR) is 82.7 cm³/mol. The number of ether oxygens (including phenoxy) is 1. The van der Waals surface area contributed by atoms with E-state index < -0.39 is 0 Å². The number of nitro benzene ring substituents is 1. The van der Waals surface area contributed by atoms with E-state index in [2.05, 4.69) is 4.90 Å². The number of rotatable bonds is 9. The maximum atomic E-state index is 10.6. The van der Waals surface area contributed by atoms with Gasteiger partial charge in [-0.3, -0.25) is 15.0 Å². The Kier molecular flexibility index (Phi) is 6.12. The van der Waals surface area contributed by atoms with Crippen molar-refractivity contribution >= 4 is 5.69 Å². The molecule has 1 heterocycles. The second kappa shape index (κ2) is 8.31. The van der Waals surface area contributed by atoms with Crippen molar-refractivity contribution in [1.82, 2.24) is 4.90 Å². The van der Waals surface area contributed by atoms with Crippen LogP contribution in [0.5, 0.6) is 0 Å². The van der Waals surface area contributed by atoms with Crippen molar-refractivity contribution in [3.05, 3.63) is 64.1 Å². The maximum Gasteiger partial charge on any atom is 0.269 e. The molecule has 0 aliphatic carbocycles. The summed E-state index contributed by atoms with van der Waals surface area (Å²) in [4.78, 5) is 12.5. The molecular formula is C16H20N2O4. The highest BCUT2D eigenvalue weighted by molar-refractivity contribution is 5.32. The van der Waals surface area contributed by atoms with E-state index in [1.807, 2.05) is 12.1 Å². The molecule has 0 bridgehead atoms. The Bertz CT molecular complexity index is 566. The number of nitro groups is 1. The lowest BCUT2D eigenvalue weighted by atomic mass is 10.1. The summed E-state index contributed by atoms with van der Waals surface area (Å²) in [6.45, 7) is 3.02. The van der Waals surface area contributed by atoms with E-state index >= 15 is 0 Å². The Hall–Kier alpha value is -2.18. The van der Waals surface area contributed by atoms with Crippen LogP contribution in [-0.4, -0.2) is 36.6 Å². The van der Waals surface area contributed by atoms with Gasteiger partial charge in [0.25, 0.3) is 5.69 Å². The van der Waals surface area contributed by atoms with Gasteiger partial charge in [-0.15, -0.1) is 0 Å². The van der Waals surface area contributed by atoms with E-state index in [1.54, 1.807) is 37.6 Å². The van der Waals surface area contributed by atoms with E-state index in [4.69, 9.17) is 9.15 Å². The molecule has 6 heteroatoms. The Morgan fingerprint density at radius 2 is 2.00 bits per heavy atom. The summed E-state index contributed by atoms with van der Waals surface area (Å²) >= 11 is 0. The summed E-state index contributed by atoms with van der Waals surface area (Å²) in [7, 11) is 1.68. The first-order chi connectivity index (χ1) is 10.7. The molecule has 0 N–H and O–H groups in total. The fraction of sp³-hybridized carbons (Fsp3) is 0.375. The zero-order chi connectivity index (χ0) is 15.8. The van der Waals surface area contributed by atoms with Crippen LogP contribution in [-0.2, 0) is 17.7 Å². The van der Waals surface area contributed by atoms with Crippen molar-refractivity contribution in [2.45, 2.75) is 13.0 Å². The molecule has 2 rings (SSSR count). The van der Waals surface area contributed by atoms with Crippen LogP contribution in [0.3, 0.4) is 0 Å². The van der Waals surface area contributed by atoms with Gasteiger partial charge in [-0.05, 0) is 24.1 Å². The number of hydrogen-bond donors (Lipinski definition) is 0. The third-order valence-corrected chi connectivity index (χ3v) is 3.44. The molecule has 0 unspecified atom stereocenters. The Morgan fingerprint density at radius 1 is 1.23 bits per heavy atom. The molecule has 2 aromatic rings. The largest absolute Gasteiger partial charge is 0.468 e. The van der Waals surface area contributed by atoms with Gasteiger partial charge in [-0.2, -0.15) is 0 Å². The highest BCUT2D eigenvalue weighted by Crippen LogP contribution is 2.13. The quantitative estimate of drug-likeness (QED) is 0.526. The van der Waals surface area contributed by atoms with Crippen LogP contribution in [0.2, 0.25) is 0 Å². The molecule has 0 aliphatic heterocycles. The van der Waals surface area contributed by atoms with Crippen LogP contribution in [0.25, 0.3) is 0 Å². The van der Waals surface area contributed by atoms with E-state index in [0.29, 0.717) is 6.61 Å². The molecule has 0 atom stereocenters. The Balaban J connectivity index is 1.90. The summed E-state index contributed by atoms with van der Waals surface area (Å²) in [5.41, 5.74) is 1.20. The Labute approximate surface area is 129 Å². The highest BCUT2D eigenvalue weighted by atomic mass is 16.6. The zero-order valence-corrected chi connectivity index (χ0v) is 12.6. The van der Waals surface area contributed by atoms with Crippen LogP contribution < -0.4 is 0 Å². The second-order valence-electron chi connectivity index (χ2n) is 5.02. The number of methoxy groups -OCH3 is 1. The minimum absolute atomic E-state index is 0.121. The van der Waals surface area contributed by atoms with Crippen LogP contribution in [0.15, 0.2) is 47.1 Å². The van der Waals surface area contributed by atoms with Crippen molar-refractivity contribution in [3.8, 4) is 0 Å². The molecule has 22 heavy (non-hydrogen) atoms. The van der Waals surface area contributed by atoms with Crippen LogP contribution in [0, 0.1) is 10.1 Å². The number of benzene rings is 1. The summed E-state index contributed by atoms with van der Waals surface area (Å²) in [6, 6.07) is 10.5. The lowest BCUT2D eigenvalue weighted by Crippen LogP contribution is -2.29. The van der Waals surface area contributed by atoms with Crippen LogP contribution >= 0.6 is 0 Å².